The van der Waals surface area contributed by atoms with Crippen LogP contribution >= 0.6 is 11.8 Å². The Hall–Kier alpha value is -1.57. The van der Waals surface area contributed by atoms with Crippen molar-refractivity contribution >= 4 is 29.2 Å². The third-order valence-electron chi connectivity index (χ3n) is 2.05. The topological polar surface area (TPSA) is 107 Å². The van der Waals surface area contributed by atoms with Crippen LogP contribution in [0.1, 0.15) is 6.92 Å². The molecule has 1 heterocycles. The van der Waals surface area contributed by atoms with E-state index in [1.165, 1.54) is 0 Å². The predicted octanol–water partition coefficient (Wildman–Crippen LogP) is 1.38. The van der Waals surface area contributed by atoms with Gasteiger partial charge in [-0.15, -0.1) is 0 Å². The molecule has 0 saturated heterocycles. The second kappa shape index (κ2) is 6.24. The number of hydrogen-bond donors (Lipinski definition) is 2. The highest BCUT2D eigenvalue weighted by Gasteiger charge is 2.16. The number of rotatable bonds is 6. The normalized spacial score (nSPS) is 12.1. The Balaban J connectivity index is 2.75. The van der Waals surface area contributed by atoms with Crippen LogP contribution in [0.3, 0.4) is 0 Å². The Kier molecular flexibility index (Phi) is 4.95. The molecule has 0 radical (unpaired) electrons. The summed E-state index contributed by atoms with van der Waals surface area (Å²) in [6.45, 7) is 2.66. The molecule has 1 rings (SSSR count). The van der Waals surface area contributed by atoms with E-state index in [1.807, 2.05) is 6.26 Å². The van der Waals surface area contributed by atoms with Gasteiger partial charge in [0, 0.05) is 6.54 Å². The van der Waals surface area contributed by atoms with Gasteiger partial charge in [0.1, 0.15) is 6.20 Å². The highest BCUT2D eigenvalue weighted by molar-refractivity contribution is 7.98. The molecule has 0 bridgehead atoms. The zero-order chi connectivity index (χ0) is 12.8. The van der Waals surface area contributed by atoms with E-state index in [1.54, 1.807) is 11.8 Å². The Morgan fingerprint density at radius 1 is 1.71 bits per heavy atom. The van der Waals surface area contributed by atoms with Crippen LogP contribution in [-0.2, 0) is 0 Å². The van der Waals surface area contributed by atoms with Crippen LogP contribution in [0, 0.1) is 16.0 Å². The van der Waals surface area contributed by atoms with E-state index in [0.717, 1.165) is 11.9 Å². The first-order chi connectivity index (χ1) is 8.04. The molecule has 8 heteroatoms. The van der Waals surface area contributed by atoms with Gasteiger partial charge in [0.2, 0.25) is 11.8 Å². The lowest BCUT2D eigenvalue weighted by atomic mass is 10.2. The first kappa shape index (κ1) is 13.5. The van der Waals surface area contributed by atoms with E-state index < -0.39 is 4.92 Å². The number of thioether (sulfide) groups is 1. The molecule has 0 saturated carbocycles. The van der Waals surface area contributed by atoms with Crippen LogP contribution in [0.25, 0.3) is 0 Å². The maximum absolute atomic E-state index is 10.7. The fourth-order valence-electron chi connectivity index (χ4n) is 1.27. The Bertz CT molecular complexity index is 401. The largest absolute Gasteiger partial charge is 0.368 e. The maximum atomic E-state index is 10.7. The first-order valence-corrected chi connectivity index (χ1v) is 6.43. The maximum Gasteiger partial charge on any atom is 0.329 e. The molecule has 1 aromatic heterocycles. The highest BCUT2D eigenvalue weighted by atomic mass is 32.2. The number of nitrogen functional groups attached to an aromatic ring is 1. The minimum Gasteiger partial charge on any atom is -0.368 e. The minimum absolute atomic E-state index is 0.0237. The van der Waals surface area contributed by atoms with Crippen molar-refractivity contribution in [2.45, 2.75) is 6.92 Å². The number of nitrogens with zero attached hydrogens (tertiary/aromatic N) is 3. The molecule has 1 atom stereocenters. The van der Waals surface area contributed by atoms with Gasteiger partial charge in [0.25, 0.3) is 0 Å². The smallest absolute Gasteiger partial charge is 0.329 e. The molecular weight excluding hydrogens is 242 g/mol. The van der Waals surface area contributed by atoms with Crippen LogP contribution in [0.5, 0.6) is 0 Å². The Morgan fingerprint density at radius 2 is 2.41 bits per heavy atom. The van der Waals surface area contributed by atoms with Crippen molar-refractivity contribution in [2.75, 3.05) is 29.6 Å². The van der Waals surface area contributed by atoms with Crippen LogP contribution in [-0.4, -0.2) is 33.4 Å². The Labute approximate surface area is 103 Å². The second-order valence-electron chi connectivity index (χ2n) is 3.66. The SMILES string of the molecule is CSCC(C)CNc1nc(N)ncc1[N+](=O)[O-]. The van der Waals surface area contributed by atoms with Gasteiger partial charge in [-0.3, -0.25) is 10.1 Å². The van der Waals surface area contributed by atoms with E-state index in [-0.39, 0.29) is 17.5 Å². The summed E-state index contributed by atoms with van der Waals surface area (Å²) in [5.41, 5.74) is 5.25. The lowest BCUT2D eigenvalue weighted by Crippen LogP contribution is -2.15. The quantitative estimate of drug-likeness (QED) is 0.585. The highest BCUT2D eigenvalue weighted by Crippen LogP contribution is 2.21. The van der Waals surface area contributed by atoms with E-state index in [4.69, 9.17) is 5.73 Å². The van der Waals surface area contributed by atoms with Gasteiger partial charge in [0.15, 0.2) is 0 Å². The molecule has 1 unspecified atom stereocenters. The summed E-state index contributed by atoms with van der Waals surface area (Å²) >= 11 is 1.73. The number of anilines is 2. The van der Waals surface area contributed by atoms with Crippen molar-refractivity contribution in [1.82, 2.24) is 9.97 Å². The average molecular weight is 257 g/mol. The van der Waals surface area contributed by atoms with Gasteiger partial charge in [-0.25, -0.2) is 4.98 Å². The summed E-state index contributed by atoms with van der Waals surface area (Å²) in [7, 11) is 0. The first-order valence-electron chi connectivity index (χ1n) is 5.04. The van der Waals surface area contributed by atoms with Crippen molar-refractivity contribution in [3.63, 3.8) is 0 Å². The molecule has 0 spiro atoms. The number of nitro groups is 1. The van der Waals surface area contributed by atoms with E-state index in [9.17, 15) is 10.1 Å². The van der Waals surface area contributed by atoms with Crippen molar-refractivity contribution < 1.29 is 4.92 Å². The van der Waals surface area contributed by atoms with E-state index in [2.05, 4.69) is 22.2 Å². The zero-order valence-electron chi connectivity index (χ0n) is 9.71. The molecule has 0 aliphatic carbocycles. The zero-order valence-corrected chi connectivity index (χ0v) is 10.5. The van der Waals surface area contributed by atoms with Gasteiger partial charge < -0.3 is 11.1 Å². The number of nitrogens with one attached hydrogen (secondary N) is 1. The predicted molar refractivity (Wildman–Crippen MR) is 69.1 cm³/mol. The van der Waals surface area contributed by atoms with Gasteiger partial charge in [0.05, 0.1) is 4.92 Å². The van der Waals surface area contributed by atoms with Crippen molar-refractivity contribution in [3.05, 3.63) is 16.3 Å². The van der Waals surface area contributed by atoms with Gasteiger partial charge in [-0.05, 0) is 17.9 Å². The molecular formula is C9H15N5O2S. The van der Waals surface area contributed by atoms with Crippen LogP contribution in [0.4, 0.5) is 17.5 Å². The van der Waals surface area contributed by atoms with Crippen molar-refractivity contribution in [3.8, 4) is 0 Å². The van der Waals surface area contributed by atoms with Gasteiger partial charge in [-0.1, -0.05) is 6.92 Å². The van der Waals surface area contributed by atoms with Gasteiger partial charge >= 0.3 is 5.69 Å². The lowest BCUT2D eigenvalue weighted by Gasteiger charge is -2.11. The fraction of sp³-hybridized carbons (Fsp3) is 0.556. The van der Waals surface area contributed by atoms with Crippen molar-refractivity contribution in [2.24, 2.45) is 5.92 Å². The number of aromatic nitrogens is 2. The number of nitrogens with two attached hydrogens (primary N) is 1. The fourth-order valence-corrected chi connectivity index (χ4v) is 1.95. The Morgan fingerprint density at radius 3 is 3.00 bits per heavy atom. The van der Waals surface area contributed by atoms with Gasteiger partial charge in [-0.2, -0.15) is 16.7 Å². The van der Waals surface area contributed by atoms with Crippen LogP contribution < -0.4 is 11.1 Å². The summed E-state index contributed by atoms with van der Waals surface area (Å²) < 4.78 is 0. The van der Waals surface area contributed by atoms with Crippen LogP contribution in [0.15, 0.2) is 6.20 Å². The third-order valence-corrected chi connectivity index (χ3v) is 2.96. The molecule has 94 valence electrons. The molecule has 0 aromatic carbocycles. The van der Waals surface area contributed by atoms with E-state index in [0.29, 0.717) is 12.5 Å². The average Bonchev–Trinajstić information content (AvgIpc) is 2.26. The summed E-state index contributed by atoms with van der Waals surface area (Å²) in [6.07, 6.45) is 3.13. The molecule has 17 heavy (non-hydrogen) atoms. The standard InChI is InChI=1S/C9H15N5O2S/c1-6(5-17-2)3-11-8-7(14(15)16)4-12-9(10)13-8/h4,6H,3,5H2,1-2H3,(H3,10,11,12,13). The summed E-state index contributed by atoms with van der Waals surface area (Å²) in [5, 5.41) is 13.7. The summed E-state index contributed by atoms with van der Waals surface area (Å²) in [4.78, 5) is 17.7. The summed E-state index contributed by atoms with van der Waals surface area (Å²) in [6, 6.07) is 0. The molecule has 1 aromatic rings. The second-order valence-corrected chi connectivity index (χ2v) is 4.57. The molecule has 0 fully saturated rings. The van der Waals surface area contributed by atoms with E-state index >= 15 is 0 Å². The lowest BCUT2D eigenvalue weighted by molar-refractivity contribution is -0.384. The van der Waals surface area contributed by atoms with Crippen molar-refractivity contribution in [1.29, 1.82) is 0 Å². The molecule has 0 amide bonds. The molecule has 7 nitrogen and oxygen atoms in total. The monoisotopic (exact) mass is 257 g/mol. The molecule has 0 aliphatic rings. The third kappa shape index (κ3) is 4.06. The number of hydrogen-bond acceptors (Lipinski definition) is 7. The van der Waals surface area contributed by atoms with Crippen LogP contribution in [0.2, 0.25) is 0 Å². The summed E-state index contributed by atoms with van der Waals surface area (Å²) in [5.74, 6) is 1.56. The minimum atomic E-state index is -0.527. The molecule has 0 aliphatic heterocycles. The molecule has 3 N–H and O–H groups in total.